The summed E-state index contributed by atoms with van der Waals surface area (Å²) < 4.78 is 23.0. The molecule has 2 heterocycles. The molecule has 2 aromatic carbocycles. The summed E-state index contributed by atoms with van der Waals surface area (Å²) in [5.74, 6) is 2.72. The van der Waals surface area contributed by atoms with Crippen LogP contribution in [0, 0.1) is 5.92 Å². The van der Waals surface area contributed by atoms with Crippen LogP contribution in [0.5, 0.6) is 17.2 Å². The Balaban J connectivity index is 1.55. The van der Waals surface area contributed by atoms with E-state index in [2.05, 4.69) is 4.90 Å². The fourth-order valence-electron chi connectivity index (χ4n) is 5.27. The van der Waals surface area contributed by atoms with Gasteiger partial charge in [-0.25, -0.2) is 0 Å². The third kappa shape index (κ3) is 6.27. The number of hydrogen-bond acceptors (Lipinski definition) is 6. The second-order valence-corrected chi connectivity index (χ2v) is 9.37. The highest BCUT2D eigenvalue weighted by Gasteiger charge is 2.32. The van der Waals surface area contributed by atoms with Crippen LogP contribution in [-0.2, 0) is 11.3 Å². The fourth-order valence-corrected chi connectivity index (χ4v) is 5.27. The second-order valence-electron chi connectivity index (χ2n) is 9.37. The molecule has 0 radical (unpaired) electrons. The Morgan fingerprint density at radius 2 is 1.83 bits per heavy atom. The van der Waals surface area contributed by atoms with Crippen molar-refractivity contribution in [1.29, 1.82) is 0 Å². The van der Waals surface area contributed by atoms with Crippen molar-refractivity contribution in [2.75, 3.05) is 54.1 Å². The third-order valence-electron chi connectivity index (χ3n) is 7.22. The van der Waals surface area contributed by atoms with Crippen molar-refractivity contribution < 1.29 is 23.7 Å². The zero-order valence-corrected chi connectivity index (χ0v) is 21.2. The molecule has 7 nitrogen and oxygen atoms in total. The Morgan fingerprint density at radius 3 is 2.63 bits per heavy atom. The summed E-state index contributed by atoms with van der Waals surface area (Å²) in [4.78, 5) is 17.8. The molecule has 1 fully saturated rings. The SMILES string of the molecule is COc1ccc(OC)c(CN2CCCC[C@H]3CN(CC[C@H]3OC)C(=O)c3ccccc3OCC2)c1. The van der Waals surface area contributed by atoms with E-state index < -0.39 is 0 Å². The van der Waals surface area contributed by atoms with Gasteiger partial charge in [-0.1, -0.05) is 18.6 Å². The number of hydrogen-bond donors (Lipinski definition) is 0. The molecule has 1 amide bonds. The van der Waals surface area contributed by atoms with Crippen LogP contribution in [0.15, 0.2) is 42.5 Å². The quantitative estimate of drug-likeness (QED) is 0.635. The standard InChI is InChI=1S/C28H38N2O5/c1-32-23-11-12-25(33-2)22(18-23)19-29-14-7-6-8-21-20-30(15-13-26(21)34-3)28(31)24-9-4-5-10-27(24)35-17-16-29/h4-5,9-12,18,21,26H,6-8,13-17,19-20H2,1-3H3/t21-,26+/m0/s1. The molecule has 2 atom stereocenters. The summed E-state index contributed by atoms with van der Waals surface area (Å²) in [6, 6.07) is 13.5. The summed E-state index contributed by atoms with van der Waals surface area (Å²) in [7, 11) is 5.17. The Labute approximate surface area is 208 Å². The number of fused-ring (bicyclic) bond motifs is 3. The average Bonchev–Trinajstić information content (AvgIpc) is 2.90. The van der Waals surface area contributed by atoms with Crippen molar-refractivity contribution in [3.8, 4) is 17.2 Å². The minimum absolute atomic E-state index is 0.0511. The molecule has 0 unspecified atom stereocenters. The Bertz CT molecular complexity index is 982. The molecule has 1 saturated heterocycles. The molecule has 0 spiro atoms. The number of carbonyl (C=O) groups excluding carboxylic acids is 1. The van der Waals surface area contributed by atoms with E-state index in [0.29, 0.717) is 23.8 Å². The van der Waals surface area contributed by atoms with Crippen molar-refractivity contribution in [2.24, 2.45) is 5.92 Å². The number of carbonyl (C=O) groups is 1. The minimum Gasteiger partial charge on any atom is -0.497 e. The van der Waals surface area contributed by atoms with E-state index in [4.69, 9.17) is 18.9 Å². The van der Waals surface area contributed by atoms with Crippen LogP contribution in [0.1, 0.15) is 41.6 Å². The van der Waals surface area contributed by atoms with Crippen molar-refractivity contribution in [3.05, 3.63) is 53.6 Å². The zero-order valence-electron chi connectivity index (χ0n) is 21.2. The van der Waals surface area contributed by atoms with Gasteiger partial charge in [0.25, 0.3) is 5.91 Å². The highest BCUT2D eigenvalue weighted by atomic mass is 16.5. The van der Waals surface area contributed by atoms with Gasteiger partial charge < -0.3 is 23.8 Å². The van der Waals surface area contributed by atoms with Gasteiger partial charge in [0.15, 0.2) is 0 Å². The summed E-state index contributed by atoms with van der Waals surface area (Å²) in [6.45, 7) is 4.40. The van der Waals surface area contributed by atoms with Crippen LogP contribution in [0.3, 0.4) is 0 Å². The molecule has 35 heavy (non-hydrogen) atoms. The second kappa shape index (κ2) is 12.3. The smallest absolute Gasteiger partial charge is 0.257 e. The van der Waals surface area contributed by atoms with E-state index in [9.17, 15) is 4.79 Å². The first kappa shape index (κ1) is 25.3. The van der Waals surface area contributed by atoms with E-state index in [-0.39, 0.29) is 12.0 Å². The van der Waals surface area contributed by atoms with Gasteiger partial charge in [-0.2, -0.15) is 0 Å². The summed E-state index contributed by atoms with van der Waals surface area (Å²) >= 11 is 0. The maximum absolute atomic E-state index is 13.4. The monoisotopic (exact) mass is 482 g/mol. The highest BCUT2D eigenvalue weighted by Crippen LogP contribution is 2.29. The molecule has 7 heteroatoms. The predicted molar refractivity (Wildman–Crippen MR) is 135 cm³/mol. The average molecular weight is 483 g/mol. The fraction of sp³-hybridized carbons (Fsp3) is 0.536. The van der Waals surface area contributed by atoms with Crippen LogP contribution in [0.2, 0.25) is 0 Å². The predicted octanol–water partition coefficient (Wildman–Crippen LogP) is 4.25. The number of benzene rings is 2. The number of methoxy groups -OCH3 is 3. The third-order valence-corrected chi connectivity index (χ3v) is 7.22. The van der Waals surface area contributed by atoms with Crippen LogP contribution in [0.4, 0.5) is 0 Å². The molecule has 0 aliphatic carbocycles. The molecule has 0 N–H and O–H groups in total. The van der Waals surface area contributed by atoms with Crippen molar-refractivity contribution >= 4 is 5.91 Å². The number of amides is 1. The number of nitrogens with zero attached hydrogens (tertiary/aromatic N) is 2. The maximum Gasteiger partial charge on any atom is 0.257 e. The van der Waals surface area contributed by atoms with Gasteiger partial charge >= 0.3 is 0 Å². The molecule has 4 rings (SSSR count). The molecule has 2 aliphatic rings. The van der Waals surface area contributed by atoms with E-state index in [1.807, 2.05) is 47.4 Å². The van der Waals surface area contributed by atoms with Crippen LogP contribution < -0.4 is 14.2 Å². The lowest BCUT2D eigenvalue weighted by atomic mass is 9.89. The van der Waals surface area contributed by atoms with Gasteiger partial charge in [0.05, 0.1) is 25.9 Å². The topological polar surface area (TPSA) is 60.5 Å². The van der Waals surface area contributed by atoms with Crippen molar-refractivity contribution in [1.82, 2.24) is 9.80 Å². The van der Waals surface area contributed by atoms with Gasteiger partial charge in [-0.05, 0) is 56.1 Å². The first-order chi connectivity index (χ1) is 17.1. The molecule has 2 aliphatic heterocycles. The van der Waals surface area contributed by atoms with Crippen molar-refractivity contribution in [2.45, 2.75) is 38.3 Å². The van der Waals surface area contributed by atoms with Gasteiger partial charge in [-0.15, -0.1) is 0 Å². The lowest BCUT2D eigenvalue weighted by molar-refractivity contribution is -0.00702. The highest BCUT2D eigenvalue weighted by molar-refractivity contribution is 5.97. The molecule has 2 bridgehead atoms. The normalized spacial score (nSPS) is 22.0. The minimum atomic E-state index is 0.0511. The Kier molecular flexibility index (Phi) is 8.88. The summed E-state index contributed by atoms with van der Waals surface area (Å²) in [5, 5.41) is 0. The lowest BCUT2D eigenvalue weighted by Gasteiger charge is -2.38. The molecule has 190 valence electrons. The molecular formula is C28H38N2O5. The van der Waals surface area contributed by atoms with Gasteiger partial charge in [-0.3, -0.25) is 9.69 Å². The number of para-hydroxylation sites is 1. The van der Waals surface area contributed by atoms with Gasteiger partial charge in [0.2, 0.25) is 0 Å². The Morgan fingerprint density at radius 1 is 0.971 bits per heavy atom. The summed E-state index contributed by atoms with van der Waals surface area (Å²) in [6.07, 6.45) is 4.30. The maximum atomic E-state index is 13.4. The van der Waals surface area contributed by atoms with Crippen molar-refractivity contribution in [3.63, 3.8) is 0 Å². The lowest BCUT2D eigenvalue weighted by Crippen LogP contribution is -2.46. The number of ether oxygens (including phenoxy) is 4. The molecule has 0 aromatic heterocycles. The van der Waals surface area contributed by atoms with Crippen LogP contribution in [-0.4, -0.2) is 75.9 Å². The van der Waals surface area contributed by atoms with Crippen LogP contribution >= 0.6 is 0 Å². The number of rotatable bonds is 5. The molecule has 0 saturated carbocycles. The van der Waals surface area contributed by atoms with E-state index in [1.54, 1.807) is 21.3 Å². The Hall–Kier alpha value is -2.77. The molecular weight excluding hydrogens is 444 g/mol. The van der Waals surface area contributed by atoms with Crippen LogP contribution in [0.25, 0.3) is 0 Å². The zero-order chi connectivity index (χ0) is 24.6. The van der Waals surface area contributed by atoms with Gasteiger partial charge in [0, 0.05) is 44.8 Å². The van der Waals surface area contributed by atoms with E-state index >= 15 is 0 Å². The largest absolute Gasteiger partial charge is 0.497 e. The van der Waals surface area contributed by atoms with Gasteiger partial charge in [0.1, 0.15) is 23.9 Å². The first-order valence-corrected chi connectivity index (χ1v) is 12.6. The number of piperidine rings is 1. The first-order valence-electron chi connectivity index (χ1n) is 12.6. The van der Waals surface area contributed by atoms with E-state index in [0.717, 1.165) is 75.5 Å². The van der Waals surface area contributed by atoms with E-state index in [1.165, 1.54) is 0 Å². The molecule has 2 aromatic rings. The summed E-state index contributed by atoms with van der Waals surface area (Å²) in [5.41, 5.74) is 1.73.